The second-order valence-corrected chi connectivity index (χ2v) is 3.29. The van der Waals surface area contributed by atoms with E-state index in [0.717, 1.165) is 0 Å². The molecule has 3 N–H and O–H groups in total. The minimum absolute atomic E-state index is 0.390. The Balaban J connectivity index is 3.09. The van der Waals surface area contributed by atoms with Gasteiger partial charge in [0.2, 0.25) is 0 Å². The van der Waals surface area contributed by atoms with Gasteiger partial charge in [-0.3, -0.25) is 0 Å². The number of nitrogens with two attached hydrogens (primary N) is 1. The van der Waals surface area contributed by atoms with E-state index in [0.29, 0.717) is 18.2 Å². The molecule has 0 saturated heterocycles. The summed E-state index contributed by atoms with van der Waals surface area (Å²) in [5.74, 6) is -1.76. The summed E-state index contributed by atoms with van der Waals surface area (Å²) >= 11 is 0. The molecule has 0 fully saturated rings. The highest BCUT2D eigenvalue weighted by Crippen LogP contribution is 2.37. The predicted octanol–water partition coefficient (Wildman–Crippen LogP) is 2.85. The Kier molecular flexibility index (Phi) is 3.65. The Labute approximate surface area is 96.8 Å². The van der Waals surface area contributed by atoms with Crippen LogP contribution in [-0.4, -0.2) is 17.6 Å². The number of phenolic OH excluding ortho intramolecular Hbond substituents is 1. The largest absolute Gasteiger partial charge is 0.573 e. The molecule has 3 nitrogen and oxygen atoms in total. The SMILES string of the molecule is N[C@@H](c1cc(OC(F)(F)F)ccc1O)C(F)(F)F. The average Bonchev–Trinajstić information content (AvgIpc) is 2.16. The molecule has 1 rings (SSSR count). The number of hydrogen-bond acceptors (Lipinski definition) is 3. The van der Waals surface area contributed by atoms with Gasteiger partial charge in [0.1, 0.15) is 17.5 Å². The number of aromatic hydroxyl groups is 1. The molecule has 0 radical (unpaired) electrons. The zero-order valence-electron chi connectivity index (χ0n) is 8.51. The topological polar surface area (TPSA) is 55.5 Å². The Morgan fingerprint density at radius 3 is 2.11 bits per heavy atom. The van der Waals surface area contributed by atoms with Crippen LogP contribution in [0.25, 0.3) is 0 Å². The van der Waals surface area contributed by atoms with Gasteiger partial charge in [-0.05, 0) is 18.2 Å². The van der Waals surface area contributed by atoms with E-state index in [9.17, 15) is 26.3 Å². The van der Waals surface area contributed by atoms with Gasteiger partial charge >= 0.3 is 12.5 Å². The number of rotatable bonds is 2. The third-order valence-corrected chi connectivity index (χ3v) is 1.92. The Hall–Kier alpha value is -1.64. The summed E-state index contributed by atoms with van der Waals surface area (Å²) in [6.45, 7) is 0. The van der Waals surface area contributed by atoms with E-state index in [1.165, 1.54) is 0 Å². The van der Waals surface area contributed by atoms with Crippen LogP contribution < -0.4 is 10.5 Å². The monoisotopic (exact) mass is 275 g/mol. The van der Waals surface area contributed by atoms with E-state index in [1.54, 1.807) is 0 Å². The zero-order chi connectivity index (χ0) is 14.1. The standard InChI is InChI=1S/C9H7F6NO2/c10-8(11,12)7(16)5-3-4(1-2-6(5)17)18-9(13,14)15/h1-3,7,17H,16H2/t7-/m0/s1. The zero-order valence-corrected chi connectivity index (χ0v) is 8.51. The van der Waals surface area contributed by atoms with E-state index in [4.69, 9.17) is 10.8 Å². The van der Waals surface area contributed by atoms with Gasteiger partial charge in [0, 0.05) is 5.56 Å². The molecular formula is C9H7F6NO2. The maximum Gasteiger partial charge on any atom is 0.573 e. The fourth-order valence-electron chi connectivity index (χ4n) is 1.16. The minimum atomic E-state index is -5.05. The number of hydrogen-bond donors (Lipinski definition) is 2. The molecular weight excluding hydrogens is 268 g/mol. The van der Waals surface area contributed by atoms with Gasteiger partial charge in [0.15, 0.2) is 0 Å². The maximum absolute atomic E-state index is 12.3. The lowest BCUT2D eigenvalue weighted by Crippen LogP contribution is -2.28. The molecule has 0 amide bonds. The van der Waals surface area contributed by atoms with Crippen LogP contribution in [0.15, 0.2) is 18.2 Å². The van der Waals surface area contributed by atoms with Gasteiger partial charge in [0.25, 0.3) is 0 Å². The van der Waals surface area contributed by atoms with Crippen molar-refractivity contribution in [3.8, 4) is 11.5 Å². The van der Waals surface area contributed by atoms with Crippen molar-refractivity contribution in [1.29, 1.82) is 0 Å². The first kappa shape index (κ1) is 14.4. The molecule has 0 heterocycles. The average molecular weight is 275 g/mol. The highest BCUT2D eigenvalue weighted by Gasteiger charge is 2.40. The first-order chi connectivity index (χ1) is 8.00. The number of alkyl halides is 6. The Morgan fingerprint density at radius 2 is 1.67 bits per heavy atom. The van der Waals surface area contributed by atoms with E-state index in [2.05, 4.69) is 4.74 Å². The number of benzene rings is 1. The highest BCUT2D eigenvalue weighted by atomic mass is 19.4. The third kappa shape index (κ3) is 3.69. The van der Waals surface area contributed by atoms with Crippen LogP contribution in [-0.2, 0) is 0 Å². The van der Waals surface area contributed by atoms with Crippen LogP contribution in [0.4, 0.5) is 26.3 Å². The molecule has 102 valence electrons. The van der Waals surface area contributed by atoms with Gasteiger partial charge in [-0.15, -0.1) is 13.2 Å². The molecule has 0 aromatic heterocycles. The van der Waals surface area contributed by atoms with Crippen molar-refractivity contribution in [2.45, 2.75) is 18.6 Å². The minimum Gasteiger partial charge on any atom is -0.508 e. The lowest BCUT2D eigenvalue weighted by molar-refractivity contribution is -0.274. The van der Waals surface area contributed by atoms with Gasteiger partial charge in [-0.1, -0.05) is 0 Å². The summed E-state index contributed by atoms with van der Waals surface area (Å²) in [4.78, 5) is 0. The predicted molar refractivity (Wildman–Crippen MR) is 47.8 cm³/mol. The Morgan fingerprint density at radius 1 is 1.11 bits per heavy atom. The van der Waals surface area contributed by atoms with Crippen molar-refractivity contribution in [2.24, 2.45) is 5.73 Å². The van der Waals surface area contributed by atoms with Gasteiger partial charge < -0.3 is 15.6 Å². The second kappa shape index (κ2) is 4.56. The van der Waals surface area contributed by atoms with Crippen molar-refractivity contribution in [3.63, 3.8) is 0 Å². The molecule has 0 bridgehead atoms. The normalized spacial score (nSPS) is 14.4. The molecule has 0 aliphatic carbocycles. The number of phenols is 1. The summed E-state index contributed by atoms with van der Waals surface area (Å²) < 4.78 is 75.9. The van der Waals surface area contributed by atoms with Crippen molar-refractivity contribution in [1.82, 2.24) is 0 Å². The highest BCUT2D eigenvalue weighted by molar-refractivity contribution is 5.41. The van der Waals surface area contributed by atoms with Gasteiger partial charge in [-0.25, -0.2) is 0 Å². The van der Waals surface area contributed by atoms with Crippen LogP contribution in [0, 0.1) is 0 Å². The molecule has 1 atom stereocenters. The van der Waals surface area contributed by atoms with E-state index in [-0.39, 0.29) is 0 Å². The molecule has 18 heavy (non-hydrogen) atoms. The molecule has 1 aromatic carbocycles. The summed E-state index contributed by atoms with van der Waals surface area (Å²) in [6.07, 6.45) is -9.94. The van der Waals surface area contributed by atoms with Crippen molar-refractivity contribution < 1.29 is 36.2 Å². The maximum atomic E-state index is 12.3. The number of ether oxygens (including phenoxy) is 1. The first-order valence-corrected chi connectivity index (χ1v) is 4.41. The number of halogens is 6. The molecule has 0 spiro atoms. The molecule has 0 saturated carbocycles. The quantitative estimate of drug-likeness (QED) is 0.816. The molecule has 0 unspecified atom stereocenters. The van der Waals surface area contributed by atoms with Crippen LogP contribution in [0.1, 0.15) is 11.6 Å². The fraction of sp³-hybridized carbons (Fsp3) is 0.333. The molecule has 0 aliphatic rings. The van der Waals surface area contributed by atoms with E-state index < -0.39 is 35.6 Å². The van der Waals surface area contributed by atoms with Gasteiger partial charge in [0.05, 0.1) is 0 Å². The van der Waals surface area contributed by atoms with Crippen LogP contribution >= 0.6 is 0 Å². The van der Waals surface area contributed by atoms with Gasteiger partial charge in [-0.2, -0.15) is 13.2 Å². The van der Waals surface area contributed by atoms with Crippen LogP contribution in [0.2, 0.25) is 0 Å². The summed E-state index contributed by atoms with van der Waals surface area (Å²) in [7, 11) is 0. The van der Waals surface area contributed by atoms with E-state index >= 15 is 0 Å². The molecule has 0 aliphatic heterocycles. The summed E-state index contributed by atoms with van der Waals surface area (Å²) in [6, 6.07) is -0.896. The van der Waals surface area contributed by atoms with Crippen molar-refractivity contribution >= 4 is 0 Å². The fourth-order valence-corrected chi connectivity index (χ4v) is 1.16. The second-order valence-electron chi connectivity index (χ2n) is 3.29. The summed E-state index contributed by atoms with van der Waals surface area (Å²) in [5.41, 5.74) is 3.88. The smallest absolute Gasteiger partial charge is 0.508 e. The molecule has 1 aromatic rings. The summed E-state index contributed by atoms with van der Waals surface area (Å²) in [5, 5.41) is 9.15. The lowest BCUT2D eigenvalue weighted by atomic mass is 10.1. The molecule has 9 heteroatoms. The van der Waals surface area contributed by atoms with Crippen molar-refractivity contribution in [2.75, 3.05) is 0 Å². The van der Waals surface area contributed by atoms with Crippen LogP contribution in [0.3, 0.4) is 0 Å². The first-order valence-electron chi connectivity index (χ1n) is 4.41. The Bertz CT molecular complexity index is 428. The van der Waals surface area contributed by atoms with Crippen molar-refractivity contribution in [3.05, 3.63) is 23.8 Å². The van der Waals surface area contributed by atoms with E-state index in [1.807, 2.05) is 0 Å². The van der Waals surface area contributed by atoms with Crippen LogP contribution in [0.5, 0.6) is 11.5 Å². The third-order valence-electron chi connectivity index (χ3n) is 1.92. The lowest BCUT2D eigenvalue weighted by Gasteiger charge is -2.18.